The molecule has 0 bridgehead atoms. The van der Waals surface area contributed by atoms with E-state index in [1.165, 1.54) is 23.6 Å². The van der Waals surface area contributed by atoms with Crippen molar-refractivity contribution >= 4 is 17.2 Å². The molecule has 1 aromatic carbocycles. The molecule has 0 aliphatic carbocycles. The molecule has 1 amide bonds. The molecular formula is C21H16F2N4O2S. The number of hydrogen-bond acceptors (Lipinski definition) is 6. The molecule has 0 saturated heterocycles. The molecule has 0 aliphatic heterocycles. The van der Waals surface area contributed by atoms with E-state index in [0.29, 0.717) is 12.4 Å². The van der Waals surface area contributed by atoms with E-state index in [0.717, 1.165) is 28.4 Å². The first-order chi connectivity index (χ1) is 14.6. The van der Waals surface area contributed by atoms with E-state index in [9.17, 15) is 13.6 Å². The van der Waals surface area contributed by atoms with Crippen LogP contribution in [0.15, 0.2) is 58.7 Å². The molecule has 0 spiro atoms. The Labute approximate surface area is 174 Å². The van der Waals surface area contributed by atoms with Gasteiger partial charge in [-0.25, -0.2) is 18.7 Å². The first kappa shape index (κ1) is 19.8. The van der Waals surface area contributed by atoms with Gasteiger partial charge >= 0.3 is 0 Å². The number of pyridine rings is 1. The van der Waals surface area contributed by atoms with E-state index in [1.807, 2.05) is 17.5 Å². The number of halogens is 2. The number of carbonyl (C=O) groups is 1. The molecule has 0 saturated carbocycles. The molecular weight excluding hydrogens is 410 g/mol. The number of amides is 1. The Kier molecular flexibility index (Phi) is 5.89. The molecule has 0 aliphatic rings. The van der Waals surface area contributed by atoms with Crippen LogP contribution in [-0.4, -0.2) is 20.9 Å². The standard InChI is InChI=1S/C21H16F2N4O2S/c22-14-1-2-15(16(23)9-14)18-10-26-20(29-18)4-3-19(28)25-11-21-27-17(12-30-21)13-5-7-24-8-6-13/h1-2,5-10,12H,3-4,11H2,(H,25,28). The van der Waals surface area contributed by atoms with Gasteiger partial charge in [-0.1, -0.05) is 0 Å². The Morgan fingerprint density at radius 3 is 2.80 bits per heavy atom. The van der Waals surface area contributed by atoms with Crippen molar-refractivity contribution in [2.24, 2.45) is 0 Å². The molecule has 0 atom stereocenters. The predicted octanol–water partition coefficient (Wildman–Crippen LogP) is 4.39. The topological polar surface area (TPSA) is 80.9 Å². The van der Waals surface area contributed by atoms with Crippen molar-refractivity contribution < 1.29 is 18.0 Å². The molecule has 3 heterocycles. The number of hydrogen-bond donors (Lipinski definition) is 1. The van der Waals surface area contributed by atoms with E-state index < -0.39 is 11.6 Å². The SMILES string of the molecule is O=C(CCc1ncc(-c2ccc(F)cc2F)o1)NCc1nc(-c2ccncc2)cs1. The quantitative estimate of drug-likeness (QED) is 0.474. The Balaban J connectivity index is 1.28. The van der Waals surface area contributed by atoms with Crippen molar-refractivity contribution in [3.8, 4) is 22.6 Å². The van der Waals surface area contributed by atoms with E-state index >= 15 is 0 Å². The van der Waals surface area contributed by atoms with Crippen LogP contribution in [-0.2, 0) is 17.8 Å². The van der Waals surface area contributed by atoms with Crippen molar-refractivity contribution in [1.82, 2.24) is 20.3 Å². The van der Waals surface area contributed by atoms with Crippen molar-refractivity contribution in [1.29, 1.82) is 0 Å². The summed E-state index contributed by atoms with van der Waals surface area (Å²) in [6.07, 6.45) is 5.19. The number of aromatic nitrogens is 3. The number of nitrogens with one attached hydrogen (secondary N) is 1. The number of oxazole rings is 1. The largest absolute Gasteiger partial charge is 0.441 e. The van der Waals surface area contributed by atoms with Gasteiger partial charge in [-0.15, -0.1) is 11.3 Å². The Morgan fingerprint density at radius 2 is 2.00 bits per heavy atom. The van der Waals surface area contributed by atoms with Crippen LogP contribution >= 0.6 is 11.3 Å². The van der Waals surface area contributed by atoms with Gasteiger partial charge in [0.1, 0.15) is 16.6 Å². The molecule has 4 aromatic rings. The number of thiazole rings is 1. The van der Waals surface area contributed by atoms with Crippen molar-refractivity contribution in [2.45, 2.75) is 19.4 Å². The van der Waals surface area contributed by atoms with Gasteiger partial charge in [0.05, 0.1) is 24.0 Å². The van der Waals surface area contributed by atoms with Gasteiger partial charge in [0.25, 0.3) is 0 Å². The molecule has 152 valence electrons. The zero-order chi connectivity index (χ0) is 20.9. The highest BCUT2D eigenvalue weighted by Crippen LogP contribution is 2.24. The number of rotatable bonds is 7. The molecule has 9 heteroatoms. The lowest BCUT2D eigenvalue weighted by Gasteiger charge is -2.02. The summed E-state index contributed by atoms with van der Waals surface area (Å²) in [5.41, 5.74) is 1.93. The highest BCUT2D eigenvalue weighted by molar-refractivity contribution is 7.09. The average molecular weight is 426 g/mol. The fourth-order valence-electron chi connectivity index (χ4n) is 2.77. The lowest BCUT2D eigenvalue weighted by molar-refractivity contribution is -0.121. The molecule has 1 N–H and O–H groups in total. The molecule has 30 heavy (non-hydrogen) atoms. The van der Waals surface area contributed by atoms with Crippen molar-refractivity contribution in [2.75, 3.05) is 0 Å². The highest BCUT2D eigenvalue weighted by atomic mass is 32.1. The number of benzene rings is 1. The predicted molar refractivity (Wildman–Crippen MR) is 107 cm³/mol. The van der Waals surface area contributed by atoms with Gasteiger partial charge in [0, 0.05) is 42.2 Å². The van der Waals surface area contributed by atoms with Crippen molar-refractivity contribution in [3.63, 3.8) is 0 Å². The van der Waals surface area contributed by atoms with Gasteiger partial charge in [-0.05, 0) is 24.3 Å². The van der Waals surface area contributed by atoms with Crippen LogP contribution in [0.4, 0.5) is 8.78 Å². The third-order valence-electron chi connectivity index (χ3n) is 4.28. The van der Waals surface area contributed by atoms with Crippen LogP contribution in [0.25, 0.3) is 22.6 Å². The maximum atomic E-state index is 13.8. The van der Waals surface area contributed by atoms with Crippen LogP contribution in [0.3, 0.4) is 0 Å². The summed E-state index contributed by atoms with van der Waals surface area (Å²) in [6.45, 7) is 0.326. The lowest BCUT2D eigenvalue weighted by Crippen LogP contribution is -2.22. The maximum Gasteiger partial charge on any atom is 0.220 e. The smallest absolute Gasteiger partial charge is 0.220 e. The maximum absolute atomic E-state index is 13.8. The van der Waals surface area contributed by atoms with Crippen LogP contribution in [0.5, 0.6) is 0 Å². The number of aryl methyl sites for hydroxylation is 1. The minimum atomic E-state index is -0.731. The number of carbonyl (C=O) groups excluding carboxylic acids is 1. The highest BCUT2D eigenvalue weighted by Gasteiger charge is 2.13. The first-order valence-corrected chi connectivity index (χ1v) is 9.98. The van der Waals surface area contributed by atoms with E-state index in [-0.39, 0.29) is 30.1 Å². The van der Waals surface area contributed by atoms with Crippen LogP contribution in [0.1, 0.15) is 17.3 Å². The third-order valence-corrected chi connectivity index (χ3v) is 5.13. The fourth-order valence-corrected chi connectivity index (χ4v) is 3.51. The minimum absolute atomic E-state index is 0.119. The lowest BCUT2D eigenvalue weighted by atomic mass is 10.2. The average Bonchev–Trinajstić information content (AvgIpc) is 3.41. The van der Waals surface area contributed by atoms with Gasteiger partial charge < -0.3 is 9.73 Å². The van der Waals surface area contributed by atoms with Gasteiger partial charge in [0.15, 0.2) is 11.7 Å². The second-order valence-electron chi connectivity index (χ2n) is 6.38. The summed E-state index contributed by atoms with van der Waals surface area (Å²) < 4.78 is 32.3. The van der Waals surface area contributed by atoms with Gasteiger partial charge in [-0.2, -0.15) is 0 Å². The molecule has 0 fully saturated rings. The van der Waals surface area contributed by atoms with E-state index in [1.54, 1.807) is 12.4 Å². The fraction of sp³-hybridized carbons (Fsp3) is 0.143. The van der Waals surface area contributed by atoms with Crippen LogP contribution in [0.2, 0.25) is 0 Å². The zero-order valence-corrected chi connectivity index (χ0v) is 16.5. The zero-order valence-electron chi connectivity index (χ0n) is 15.6. The summed E-state index contributed by atoms with van der Waals surface area (Å²) in [4.78, 5) is 24.7. The third kappa shape index (κ3) is 4.74. The van der Waals surface area contributed by atoms with Gasteiger partial charge in [0.2, 0.25) is 5.91 Å². The van der Waals surface area contributed by atoms with Crippen molar-refractivity contribution in [3.05, 3.63) is 76.8 Å². The van der Waals surface area contributed by atoms with E-state index in [2.05, 4.69) is 20.3 Å². The first-order valence-electron chi connectivity index (χ1n) is 9.10. The Bertz CT molecular complexity index is 1160. The molecule has 0 radical (unpaired) electrons. The summed E-state index contributed by atoms with van der Waals surface area (Å²) >= 11 is 1.46. The second kappa shape index (κ2) is 8.91. The number of nitrogens with zero attached hydrogens (tertiary/aromatic N) is 3. The normalized spacial score (nSPS) is 10.9. The van der Waals surface area contributed by atoms with Gasteiger partial charge in [-0.3, -0.25) is 9.78 Å². The molecule has 4 rings (SSSR count). The Hall–Kier alpha value is -3.46. The summed E-state index contributed by atoms with van der Waals surface area (Å²) in [5, 5.41) is 5.54. The summed E-state index contributed by atoms with van der Waals surface area (Å²) in [7, 11) is 0. The minimum Gasteiger partial charge on any atom is -0.441 e. The Morgan fingerprint density at radius 1 is 1.17 bits per heavy atom. The molecule has 6 nitrogen and oxygen atoms in total. The monoisotopic (exact) mass is 426 g/mol. The summed E-state index contributed by atoms with van der Waals surface area (Å²) in [6, 6.07) is 6.96. The van der Waals surface area contributed by atoms with Crippen LogP contribution in [0, 0.1) is 11.6 Å². The van der Waals surface area contributed by atoms with Crippen LogP contribution < -0.4 is 5.32 Å². The van der Waals surface area contributed by atoms with E-state index in [4.69, 9.17) is 4.42 Å². The second-order valence-corrected chi connectivity index (χ2v) is 7.32. The summed E-state index contributed by atoms with van der Waals surface area (Å²) in [5.74, 6) is -1.08. The molecule has 0 unspecified atom stereocenters. The molecule has 3 aromatic heterocycles.